The molecule has 108 valence electrons. The van der Waals surface area contributed by atoms with E-state index in [9.17, 15) is 8.78 Å². The average Bonchev–Trinajstić information content (AvgIpc) is 2.40. The van der Waals surface area contributed by atoms with Crippen LogP contribution < -0.4 is 5.32 Å². The number of benzene rings is 1. The highest BCUT2D eigenvalue weighted by molar-refractivity contribution is 9.10. The molecule has 0 radical (unpaired) electrons. The summed E-state index contributed by atoms with van der Waals surface area (Å²) in [4.78, 5) is 0. The summed E-state index contributed by atoms with van der Waals surface area (Å²) in [6.07, 6.45) is 2.68. The highest BCUT2D eigenvalue weighted by Gasteiger charge is 2.22. The fourth-order valence-corrected chi connectivity index (χ4v) is 2.40. The highest BCUT2D eigenvalue weighted by Crippen LogP contribution is 2.31. The Labute approximate surface area is 122 Å². The summed E-state index contributed by atoms with van der Waals surface area (Å²) in [7, 11) is 0. The normalized spacial score (nSPS) is 14.4. The zero-order valence-corrected chi connectivity index (χ0v) is 13.4. The Morgan fingerprint density at radius 2 is 1.95 bits per heavy atom. The number of rotatable bonds is 7. The molecule has 0 fully saturated rings. The van der Waals surface area contributed by atoms with Crippen molar-refractivity contribution in [3.05, 3.63) is 33.8 Å². The topological polar surface area (TPSA) is 12.0 Å². The third kappa shape index (κ3) is 4.53. The first-order valence-corrected chi connectivity index (χ1v) is 7.67. The van der Waals surface area contributed by atoms with E-state index in [-0.39, 0.29) is 11.6 Å². The van der Waals surface area contributed by atoms with Gasteiger partial charge in [-0.3, -0.25) is 0 Å². The maximum absolute atomic E-state index is 14.2. The van der Waals surface area contributed by atoms with E-state index in [4.69, 9.17) is 0 Å². The number of hydrogen-bond donors (Lipinski definition) is 1. The first-order valence-electron chi connectivity index (χ1n) is 6.87. The third-order valence-electron chi connectivity index (χ3n) is 3.40. The Balaban J connectivity index is 3.05. The molecule has 0 aliphatic carbocycles. The lowest BCUT2D eigenvalue weighted by Crippen LogP contribution is -2.26. The Kier molecular flexibility index (Phi) is 6.94. The molecule has 19 heavy (non-hydrogen) atoms. The quantitative estimate of drug-likeness (QED) is 0.676. The lowest BCUT2D eigenvalue weighted by Gasteiger charge is -2.23. The van der Waals surface area contributed by atoms with Crippen molar-refractivity contribution in [1.82, 2.24) is 5.32 Å². The molecule has 1 N–H and O–H groups in total. The van der Waals surface area contributed by atoms with Gasteiger partial charge in [-0.25, -0.2) is 8.78 Å². The molecule has 0 aromatic heterocycles. The van der Waals surface area contributed by atoms with Crippen LogP contribution in [0.25, 0.3) is 0 Å². The molecule has 1 aromatic rings. The van der Waals surface area contributed by atoms with Crippen molar-refractivity contribution >= 4 is 15.9 Å². The van der Waals surface area contributed by atoms with E-state index in [1.807, 2.05) is 6.92 Å². The molecule has 2 atom stereocenters. The molecule has 0 amide bonds. The van der Waals surface area contributed by atoms with Crippen molar-refractivity contribution in [2.24, 2.45) is 5.92 Å². The first kappa shape index (κ1) is 16.6. The van der Waals surface area contributed by atoms with Crippen LogP contribution in [0.5, 0.6) is 0 Å². The highest BCUT2D eigenvalue weighted by atomic mass is 79.9. The van der Waals surface area contributed by atoms with Crippen molar-refractivity contribution in [2.45, 2.75) is 46.1 Å². The fraction of sp³-hybridized carbons (Fsp3) is 0.600. The number of nitrogens with one attached hydrogen (secondary N) is 1. The largest absolute Gasteiger partial charge is 0.310 e. The molecular formula is C15H22BrF2N. The van der Waals surface area contributed by atoms with E-state index in [0.29, 0.717) is 10.4 Å². The van der Waals surface area contributed by atoms with E-state index < -0.39 is 11.6 Å². The summed E-state index contributed by atoms with van der Waals surface area (Å²) < 4.78 is 28.4. The second kappa shape index (κ2) is 7.95. The predicted molar refractivity (Wildman–Crippen MR) is 79.2 cm³/mol. The summed E-state index contributed by atoms with van der Waals surface area (Å²) in [5.74, 6) is -0.540. The summed E-state index contributed by atoms with van der Waals surface area (Å²) in [6.45, 7) is 7.00. The van der Waals surface area contributed by atoms with Gasteiger partial charge in [-0.15, -0.1) is 0 Å². The maximum Gasteiger partial charge on any atom is 0.145 e. The maximum atomic E-state index is 14.2. The zero-order chi connectivity index (χ0) is 14.4. The molecule has 2 unspecified atom stereocenters. The van der Waals surface area contributed by atoms with Gasteiger partial charge in [-0.2, -0.15) is 0 Å². The molecule has 4 heteroatoms. The van der Waals surface area contributed by atoms with E-state index >= 15 is 0 Å². The van der Waals surface area contributed by atoms with Gasteiger partial charge in [0.2, 0.25) is 0 Å². The van der Waals surface area contributed by atoms with Gasteiger partial charge in [-0.1, -0.05) is 27.2 Å². The summed E-state index contributed by atoms with van der Waals surface area (Å²) >= 11 is 3.13. The summed E-state index contributed by atoms with van der Waals surface area (Å²) in [5, 5.41) is 3.26. The van der Waals surface area contributed by atoms with Gasteiger partial charge >= 0.3 is 0 Å². The van der Waals surface area contributed by atoms with Crippen molar-refractivity contribution in [1.29, 1.82) is 0 Å². The van der Waals surface area contributed by atoms with Crippen LogP contribution in [0.3, 0.4) is 0 Å². The Morgan fingerprint density at radius 3 is 2.53 bits per heavy atom. The van der Waals surface area contributed by atoms with E-state index in [1.54, 1.807) is 0 Å². The minimum atomic E-state index is -0.489. The zero-order valence-electron chi connectivity index (χ0n) is 11.8. The van der Waals surface area contributed by atoms with Gasteiger partial charge in [0.1, 0.15) is 11.6 Å². The van der Waals surface area contributed by atoms with Gasteiger partial charge in [0.15, 0.2) is 0 Å². The molecule has 0 aliphatic rings. The van der Waals surface area contributed by atoms with Crippen molar-refractivity contribution < 1.29 is 8.78 Å². The van der Waals surface area contributed by atoms with Crippen LogP contribution in [-0.2, 0) is 0 Å². The fourth-order valence-electron chi connectivity index (χ4n) is 2.05. The molecule has 0 aliphatic heterocycles. The van der Waals surface area contributed by atoms with Gasteiger partial charge in [0, 0.05) is 11.6 Å². The Bertz CT molecular complexity index is 409. The van der Waals surface area contributed by atoms with Crippen LogP contribution in [0.4, 0.5) is 8.78 Å². The van der Waals surface area contributed by atoms with E-state index in [1.165, 1.54) is 12.1 Å². The third-order valence-corrected chi connectivity index (χ3v) is 4.02. The smallest absolute Gasteiger partial charge is 0.145 e. The number of halogens is 3. The van der Waals surface area contributed by atoms with E-state index in [0.717, 1.165) is 25.8 Å². The van der Waals surface area contributed by atoms with Gasteiger partial charge < -0.3 is 5.32 Å². The van der Waals surface area contributed by atoms with Crippen LogP contribution >= 0.6 is 15.9 Å². The van der Waals surface area contributed by atoms with Gasteiger partial charge in [0.05, 0.1) is 4.47 Å². The van der Waals surface area contributed by atoms with Crippen molar-refractivity contribution in [2.75, 3.05) is 6.54 Å². The average molecular weight is 334 g/mol. The van der Waals surface area contributed by atoms with E-state index in [2.05, 4.69) is 35.1 Å². The Hall–Kier alpha value is -0.480. The Morgan fingerprint density at radius 1 is 1.26 bits per heavy atom. The van der Waals surface area contributed by atoms with Crippen LogP contribution in [0.1, 0.15) is 51.6 Å². The lowest BCUT2D eigenvalue weighted by atomic mass is 9.93. The standard InChI is InChI=1S/C15H22BrF2N/c1-4-8-19-13(9-10(3)5-2)14-12(17)7-6-11(16)15(14)18/h6-7,10,13,19H,4-5,8-9H2,1-3H3. The summed E-state index contributed by atoms with van der Waals surface area (Å²) in [6, 6.07) is 2.46. The van der Waals surface area contributed by atoms with Crippen LogP contribution in [-0.4, -0.2) is 6.54 Å². The molecule has 1 aromatic carbocycles. The minimum absolute atomic E-state index is 0.156. The monoisotopic (exact) mass is 333 g/mol. The van der Waals surface area contributed by atoms with Crippen molar-refractivity contribution in [3.8, 4) is 0 Å². The van der Waals surface area contributed by atoms with Gasteiger partial charge in [-0.05, 0) is 53.4 Å². The molecule has 0 spiro atoms. The molecule has 0 heterocycles. The minimum Gasteiger partial charge on any atom is -0.310 e. The second-order valence-corrected chi connectivity index (χ2v) is 5.87. The number of hydrogen-bond acceptors (Lipinski definition) is 1. The molecule has 1 nitrogen and oxygen atoms in total. The molecular weight excluding hydrogens is 312 g/mol. The summed E-state index contributed by atoms with van der Waals surface area (Å²) in [5.41, 5.74) is 0.156. The SMILES string of the molecule is CCCNC(CC(C)CC)c1c(F)ccc(Br)c1F. The molecule has 0 saturated carbocycles. The first-order chi connectivity index (χ1) is 9.01. The molecule has 0 bridgehead atoms. The molecule has 1 rings (SSSR count). The van der Waals surface area contributed by atoms with Crippen LogP contribution in [0.2, 0.25) is 0 Å². The van der Waals surface area contributed by atoms with Crippen molar-refractivity contribution in [3.63, 3.8) is 0 Å². The molecule has 0 saturated heterocycles. The van der Waals surface area contributed by atoms with Crippen LogP contribution in [0.15, 0.2) is 16.6 Å². The van der Waals surface area contributed by atoms with Crippen LogP contribution in [0, 0.1) is 17.6 Å². The van der Waals surface area contributed by atoms with Gasteiger partial charge in [0.25, 0.3) is 0 Å². The second-order valence-electron chi connectivity index (χ2n) is 5.01. The lowest BCUT2D eigenvalue weighted by molar-refractivity contribution is 0.379. The predicted octanol–water partition coefficient (Wildman–Crippen LogP) is 5.20.